The van der Waals surface area contributed by atoms with E-state index in [0.29, 0.717) is 24.6 Å². The lowest BCUT2D eigenvalue weighted by atomic mass is 10.1. The zero-order valence-corrected chi connectivity index (χ0v) is 18.0. The van der Waals surface area contributed by atoms with Crippen LogP contribution in [0.25, 0.3) is 0 Å². The first-order valence-electron chi connectivity index (χ1n) is 9.40. The van der Waals surface area contributed by atoms with Crippen molar-refractivity contribution in [3.63, 3.8) is 0 Å². The van der Waals surface area contributed by atoms with Crippen LogP contribution in [0.4, 0.5) is 4.79 Å². The van der Waals surface area contributed by atoms with E-state index in [1.807, 2.05) is 26.0 Å². The molecule has 1 aromatic rings. The first-order valence-corrected chi connectivity index (χ1v) is 9.40. The first kappa shape index (κ1) is 24.2. The molecule has 0 aliphatic heterocycles. The van der Waals surface area contributed by atoms with E-state index in [-0.39, 0.29) is 25.6 Å². The Bertz CT molecular complexity index is 722. The Hall–Kier alpha value is -2.81. The molecule has 9 heteroatoms. The molecule has 1 rings (SSSR count). The van der Waals surface area contributed by atoms with E-state index in [1.54, 1.807) is 38.0 Å². The number of methoxy groups -OCH3 is 2. The Labute approximate surface area is 171 Å². The smallest absolute Gasteiger partial charge is 0.413 e. The number of nitrogens with zero attached hydrogens (tertiary/aromatic N) is 2. The lowest BCUT2D eigenvalue weighted by Gasteiger charge is -2.24. The number of amides is 3. The molecule has 0 aliphatic carbocycles. The average Bonchev–Trinajstić information content (AvgIpc) is 2.68. The molecule has 0 aliphatic rings. The molecular weight excluding hydrogens is 378 g/mol. The van der Waals surface area contributed by atoms with Crippen LogP contribution in [-0.2, 0) is 20.9 Å². The van der Waals surface area contributed by atoms with Gasteiger partial charge in [-0.05, 0) is 43.7 Å². The number of nitrogens with one attached hydrogen (secondary N) is 1. The Morgan fingerprint density at radius 3 is 2.21 bits per heavy atom. The topological polar surface area (TPSA) is 97.4 Å². The van der Waals surface area contributed by atoms with Crippen molar-refractivity contribution in [1.29, 1.82) is 0 Å². The van der Waals surface area contributed by atoms with Crippen molar-refractivity contribution in [3.8, 4) is 11.5 Å². The van der Waals surface area contributed by atoms with Gasteiger partial charge in [0.15, 0.2) is 11.5 Å². The van der Waals surface area contributed by atoms with Crippen LogP contribution in [0.2, 0.25) is 0 Å². The summed E-state index contributed by atoms with van der Waals surface area (Å²) in [5.41, 5.74) is 1.91. The summed E-state index contributed by atoms with van der Waals surface area (Å²) in [6.07, 6.45) is -0.791. The lowest BCUT2D eigenvalue weighted by Crippen LogP contribution is -2.44. The Morgan fingerprint density at radius 2 is 1.66 bits per heavy atom. The molecule has 3 amide bonds. The van der Waals surface area contributed by atoms with Gasteiger partial charge in [-0.3, -0.25) is 19.8 Å². The summed E-state index contributed by atoms with van der Waals surface area (Å²) in [5.74, 6) is 0.564. The molecule has 0 spiro atoms. The van der Waals surface area contributed by atoms with Crippen LogP contribution >= 0.6 is 0 Å². The molecule has 1 N–H and O–H groups in total. The molecule has 0 saturated carbocycles. The molecular formula is C20H31N3O6. The number of rotatable bonds is 10. The number of aryl methyl sites for hydroxylation is 1. The van der Waals surface area contributed by atoms with E-state index < -0.39 is 12.0 Å². The highest BCUT2D eigenvalue weighted by Gasteiger charge is 2.19. The van der Waals surface area contributed by atoms with E-state index >= 15 is 0 Å². The summed E-state index contributed by atoms with van der Waals surface area (Å²) >= 11 is 0. The van der Waals surface area contributed by atoms with Crippen LogP contribution < -0.4 is 14.8 Å². The van der Waals surface area contributed by atoms with Crippen molar-refractivity contribution in [2.75, 3.05) is 47.5 Å². The van der Waals surface area contributed by atoms with Crippen molar-refractivity contribution in [2.24, 2.45) is 0 Å². The van der Waals surface area contributed by atoms with Gasteiger partial charge in [0.1, 0.15) is 0 Å². The maximum Gasteiger partial charge on any atom is 0.413 e. The fourth-order valence-electron chi connectivity index (χ4n) is 2.65. The van der Waals surface area contributed by atoms with Gasteiger partial charge < -0.3 is 19.1 Å². The average molecular weight is 409 g/mol. The van der Waals surface area contributed by atoms with Gasteiger partial charge in [-0.15, -0.1) is 0 Å². The first-order chi connectivity index (χ1) is 13.7. The van der Waals surface area contributed by atoms with Gasteiger partial charge in [-0.2, -0.15) is 0 Å². The van der Waals surface area contributed by atoms with Gasteiger partial charge in [0.25, 0.3) is 0 Å². The standard InChI is InChI=1S/C20H31N3O6/c1-7-23(12-18(24)21-20(26)29-8-2)13-19(25)22(4)11-15-10-17(28-6)16(27-5)9-14(15)3/h9-10H,7-8,11-13H2,1-6H3,(H,21,24,26). The van der Waals surface area contributed by atoms with E-state index in [1.165, 1.54) is 0 Å². The number of imide groups is 1. The second-order valence-electron chi connectivity index (χ2n) is 6.46. The molecule has 29 heavy (non-hydrogen) atoms. The fourth-order valence-corrected chi connectivity index (χ4v) is 2.65. The molecule has 1 aromatic carbocycles. The molecule has 0 unspecified atom stereocenters. The summed E-state index contributed by atoms with van der Waals surface area (Å²) in [5, 5.41) is 2.13. The second-order valence-corrected chi connectivity index (χ2v) is 6.46. The maximum atomic E-state index is 12.6. The van der Waals surface area contributed by atoms with Gasteiger partial charge in [-0.25, -0.2) is 4.79 Å². The van der Waals surface area contributed by atoms with Gasteiger partial charge in [-0.1, -0.05) is 6.92 Å². The number of carbonyl (C=O) groups excluding carboxylic acids is 3. The summed E-state index contributed by atoms with van der Waals surface area (Å²) in [6, 6.07) is 3.72. The Morgan fingerprint density at radius 1 is 1.03 bits per heavy atom. The normalized spacial score (nSPS) is 10.4. The number of likely N-dealkylation sites (N-methyl/N-ethyl adjacent to an activating group) is 2. The summed E-state index contributed by atoms with van der Waals surface area (Å²) in [6.45, 7) is 6.44. The molecule has 0 bridgehead atoms. The third kappa shape index (κ3) is 7.61. The predicted octanol–water partition coefficient (Wildman–Crippen LogP) is 1.57. The van der Waals surface area contributed by atoms with E-state index in [0.717, 1.165) is 11.1 Å². The number of hydrogen-bond donors (Lipinski definition) is 1. The highest BCUT2D eigenvalue weighted by molar-refractivity contribution is 5.93. The number of ether oxygens (including phenoxy) is 3. The van der Waals surface area contributed by atoms with Crippen molar-refractivity contribution < 1.29 is 28.6 Å². The SMILES string of the molecule is CCOC(=O)NC(=O)CN(CC)CC(=O)N(C)Cc1cc(OC)c(OC)cc1C. The van der Waals surface area contributed by atoms with E-state index in [4.69, 9.17) is 9.47 Å². The zero-order valence-electron chi connectivity index (χ0n) is 18.0. The molecule has 162 valence electrons. The van der Waals surface area contributed by atoms with Crippen LogP contribution in [0.15, 0.2) is 12.1 Å². The van der Waals surface area contributed by atoms with Crippen LogP contribution in [0.1, 0.15) is 25.0 Å². The molecule has 0 heterocycles. The van der Waals surface area contributed by atoms with Crippen LogP contribution in [-0.4, -0.2) is 75.2 Å². The third-order valence-corrected chi connectivity index (χ3v) is 4.37. The quantitative estimate of drug-likeness (QED) is 0.626. The zero-order chi connectivity index (χ0) is 22.0. The van der Waals surface area contributed by atoms with Gasteiger partial charge in [0.05, 0.1) is 33.9 Å². The minimum Gasteiger partial charge on any atom is -0.493 e. The van der Waals surface area contributed by atoms with Crippen molar-refractivity contribution in [2.45, 2.75) is 27.3 Å². The van der Waals surface area contributed by atoms with E-state index in [2.05, 4.69) is 10.1 Å². The van der Waals surface area contributed by atoms with Crippen molar-refractivity contribution in [3.05, 3.63) is 23.3 Å². The summed E-state index contributed by atoms with van der Waals surface area (Å²) in [7, 11) is 4.83. The monoisotopic (exact) mass is 409 g/mol. The summed E-state index contributed by atoms with van der Waals surface area (Å²) in [4.78, 5) is 39.1. The number of carbonyl (C=O) groups is 3. The largest absolute Gasteiger partial charge is 0.493 e. The molecule has 0 atom stereocenters. The Kier molecular flexibility index (Phi) is 9.94. The minimum absolute atomic E-state index is 0.0512. The molecule has 0 aromatic heterocycles. The van der Waals surface area contributed by atoms with E-state index in [9.17, 15) is 14.4 Å². The van der Waals surface area contributed by atoms with Gasteiger partial charge >= 0.3 is 6.09 Å². The maximum absolute atomic E-state index is 12.6. The predicted molar refractivity (Wildman–Crippen MR) is 108 cm³/mol. The summed E-state index contributed by atoms with van der Waals surface area (Å²) < 4.78 is 15.3. The van der Waals surface area contributed by atoms with Gasteiger partial charge in [0.2, 0.25) is 11.8 Å². The lowest BCUT2D eigenvalue weighted by molar-refractivity contribution is -0.132. The fraction of sp³-hybridized carbons (Fsp3) is 0.550. The highest BCUT2D eigenvalue weighted by Crippen LogP contribution is 2.30. The highest BCUT2D eigenvalue weighted by atomic mass is 16.5. The van der Waals surface area contributed by atoms with Crippen molar-refractivity contribution in [1.82, 2.24) is 15.1 Å². The van der Waals surface area contributed by atoms with Crippen LogP contribution in [0.3, 0.4) is 0 Å². The van der Waals surface area contributed by atoms with Crippen molar-refractivity contribution >= 4 is 17.9 Å². The Balaban J connectivity index is 2.70. The third-order valence-electron chi connectivity index (χ3n) is 4.37. The number of benzene rings is 1. The molecule has 0 radical (unpaired) electrons. The molecule has 0 fully saturated rings. The van der Waals surface area contributed by atoms with Gasteiger partial charge in [0, 0.05) is 13.6 Å². The van der Waals surface area contributed by atoms with Crippen LogP contribution in [0.5, 0.6) is 11.5 Å². The number of hydrogen-bond acceptors (Lipinski definition) is 7. The molecule has 0 saturated heterocycles. The minimum atomic E-state index is -0.791. The van der Waals surface area contributed by atoms with Crippen LogP contribution in [0, 0.1) is 6.92 Å². The second kappa shape index (κ2) is 11.9. The molecule has 9 nitrogen and oxygen atoms in total. The number of alkyl carbamates (subject to hydrolysis) is 1.